The van der Waals surface area contributed by atoms with Gasteiger partial charge in [-0.2, -0.15) is 26.3 Å². The van der Waals surface area contributed by atoms with Gasteiger partial charge in [0.2, 0.25) is 12.3 Å². The van der Waals surface area contributed by atoms with Gasteiger partial charge in [-0.3, -0.25) is 4.74 Å². The summed E-state index contributed by atoms with van der Waals surface area (Å²) in [6, 6.07) is 0. The molecule has 0 heterocycles. The largest absolute Gasteiger partial charge is 0.425 e. The van der Waals surface area contributed by atoms with E-state index in [2.05, 4.69) is 4.74 Å². The van der Waals surface area contributed by atoms with Gasteiger partial charge in [-0.15, -0.1) is 0 Å². The lowest BCUT2D eigenvalue weighted by atomic mass is 10.0. The van der Waals surface area contributed by atoms with Crippen molar-refractivity contribution in [2.75, 3.05) is 0 Å². The normalized spacial score (nSPS) is 22.9. The summed E-state index contributed by atoms with van der Waals surface area (Å²) in [6.45, 7) is 0. The Morgan fingerprint density at radius 1 is 0.444 bits per heavy atom. The van der Waals surface area contributed by atoms with Crippen molar-refractivity contribution in [1.82, 2.24) is 0 Å². The van der Waals surface area contributed by atoms with Crippen molar-refractivity contribution < 1.29 is 75.0 Å². The van der Waals surface area contributed by atoms with Crippen molar-refractivity contribution in [3.05, 3.63) is 0 Å². The van der Waals surface area contributed by atoms with Crippen LogP contribution in [0.25, 0.3) is 0 Å². The van der Waals surface area contributed by atoms with Crippen molar-refractivity contribution in [3.63, 3.8) is 0 Å². The smallest absolute Gasteiger partial charge is 0.298 e. The first kappa shape index (κ1) is 25.8. The molecule has 0 rings (SSSR count). The topological polar surface area (TPSA) is 9.23 Å². The molecule has 1 nitrogen and oxygen atoms in total. The van der Waals surface area contributed by atoms with E-state index in [0.717, 1.165) is 0 Å². The minimum atomic E-state index is -6.80. The minimum absolute atomic E-state index is 2.22. The average Bonchev–Trinajstić information content (AvgIpc) is 2.49. The van der Waals surface area contributed by atoms with Crippen LogP contribution in [0.15, 0.2) is 0 Å². The van der Waals surface area contributed by atoms with E-state index in [4.69, 9.17) is 0 Å². The summed E-state index contributed by atoms with van der Waals surface area (Å²) < 4.78 is 203. The summed E-state index contributed by atoms with van der Waals surface area (Å²) in [5, 5.41) is 0. The molecule has 6 unspecified atom stereocenters. The summed E-state index contributed by atoms with van der Waals surface area (Å²) in [5.41, 5.74) is 0. The van der Waals surface area contributed by atoms with Crippen LogP contribution in [-0.4, -0.2) is 61.6 Å². The fraction of sp³-hybridized carbons (Fsp3) is 1.00. The van der Waals surface area contributed by atoms with Gasteiger partial charge >= 0.3 is 12.4 Å². The third kappa shape index (κ3) is 5.43. The van der Waals surface area contributed by atoms with Gasteiger partial charge in [-0.05, 0) is 0 Å². The Morgan fingerprint density at radius 3 is 0.815 bits per heavy atom. The van der Waals surface area contributed by atoms with Crippen LogP contribution in [0.3, 0.4) is 0 Å². The SMILES string of the molecule is FC(F)C(F)C(F)(OC(F)(C(F)C(F)F)C(F)C(F)(F)F)C(F)C(F)(F)F. The Bertz CT molecular complexity index is 433. The van der Waals surface area contributed by atoms with Gasteiger partial charge in [-0.25, -0.2) is 43.9 Å². The third-order valence-electron chi connectivity index (χ3n) is 2.77. The highest BCUT2D eigenvalue weighted by atomic mass is 19.4. The van der Waals surface area contributed by atoms with E-state index < -0.39 is 61.6 Å². The fourth-order valence-corrected chi connectivity index (χ4v) is 1.53. The van der Waals surface area contributed by atoms with Crippen molar-refractivity contribution in [1.29, 1.82) is 0 Å². The molecule has 0 amide bonds. The highest BCUT2D eigenvalue weighted by molar-refractivity contribution is 4.99. The molecule has 0 saturated heterocycles. The molecule has 27 heavy (non-hydrogen) atoms. The first-order chi connectivity index (χ1) is 11.7. The van der Waals surface area contributed by atoms with Crippen LogP contribution in [0, 0.1) is 0 Å². The second-order valence-corrected chi connectivity index (χ2v) is 4.78. The lowest BCUT2D eigenvalue weighted by Gasteiger charge is -2.40. The van der Waals surface area contributed by atoms with Gasteiger partial charge in [0.05, 0.1) is 0 Å². The quantitative estimate of drug-likeness (QED) is 0.458. The number of rotatable bonds is 8. The van der Waals surface area contributed by atoms with E-state index in [-0.39, 0.29) is 0 Å². The molecule has 0 aliphatic carbocycles. The minimum Gasteiger partial charge on any atom is -0.298 e. The molecule has 0 aromatic carbocycles. The zero-order valence-corrected chi connectivity index (χ0v) is 11.9. The Balaban J connectivity index is 6.46. The molecule has 0 aliphatic heterocycles. The van der Waals surface area contributed by atoms with Gasteiger partial charge in [0.1, 0.15) is 0 Å². The highest BCUT2D eigenvalue weighted by Gasteiger charge is 2.72. The summed E-state index contributed by atoms with van der Waals surface area (Å²) in [6.07, 6.45) is -45.8. The van der Waals surface area contributed by atoms with Crippen LogP contribution < -0.4 is 0 Å². The molecule has 0 saturated carbocycles. The van der Waals surface area contributed by atoms with E-state index in [9.17, 15) is 70.2 Å². The maximum atomic E-state index is 13.8. The molecule has 0 aliphatic rings. The first-order valence-corrected chi connectivity index (χ1v) is 6.06. The van der Waals surface area contributed by atoms with Crippen LogP contribution in [0.5, 0.6) is 0 Å². The summed E-state index contributed by atoms with van der Waals surface area (Å²) in [7, 11) is 0. The first-order valence-electron chi connectivity index (χ1n) is 6.06. The van der Waals surface area contributed by atoms with E-state index >= 15 is 0 Å². The van der Waals surface area contributed by atoms with Crippen LogP contribution in [0.4, 0.5) is 70.2 Å². The maximum Gasteiger partial charge on any atom is 0.425 e. The molecule has 17 heteroatoms. The molecule has 0 N–H and O–H groups in total. The Hall–Kier alpha value is -1.16. The number of halogens is 16. The van der Waals surface area contributed by atoms with Crippen LogP contribution in [-0.2, 0) is 4.74 Å². The number of hydrogen-bond donors (Lipinski definition) is 0. The van der Waals surface area contributed by atoms with Crippen LogP contribution in [0.1, 0.15) is 0 Å². The number of alkyl halides is 16. The van der Waals surface area contributed by atoms with Crippen molar-refractivity contribution in [2.45, 2.75) is 61.6 Å². The molecular weight excluding hydrogens is 440 g/mol. The van der Waals surface area contributed by atoms with E-state index in [1.54, 1.807) is 0 Å². The second-order valence-electron chi connectivity index (χ2n) is 4.78. The van der Waals surface area contributed by atoms with Crippen LogP contribution in [0.2, 0.25) is 0 Å². The second kappa shape index (κ2) is 8.06. The molecule has 0 bridgehead atoms. The zero-order valence-electron chi connectivity index (χ0n) is 11.9. The molecule has 164 valence electrons. The van der Waals surface area contributed by atoms with E-state index in [0.29, 0.717) is 0 Å². The highest BCUT2D eigenvalue weighted by Crippen LogP contribution is 2.48. The lowest BCUT2D eigenvalue weighted by Crippen LogP contribution is -2.65. The Kier molecular flexibility index (Phi) is 7.72. The lowest BCUT2D eigenvalue weighted by molar-refractivity contribution is -0.405. The Labute approximate surface area is 138 Å². The average molecular weight is 446 g/mol. The molecule has 0 fully saturated rings. The summed E-state index contributed by atoms with van der Waals surface area (Å²) in [5.74, 6) is -13.1. The van der Waals surface area contributed by atoms with Crippen molar-refractivity contribution in [2.24, 2.45) is 0 Å². The molecule has 0 aromatic rings. The van der Waals surface area contributed by atoms with Gasteiger partial charge in [0.25, 0.3) is 36.9 Å². The third-order valence-corrected chi connectivity index (χ3v) is 2.77. The maximum absolute atomic E-state index is 13.8. The van der Waals surface area contributed by atoms with E-state index in [1.807, 2.05) is 0 Å². The molecule has 0 aromatic heterocycles. The van der Waals surface area contributed by atoms with Gasteiger partial charge < -0.3 is 0 Å². The van der Waals surface area contributed by atoms with Gasteiger partial charge in [-0.1, -0.05) is 0 Å². The zero-order chi connectivity index (χ0) is 22.2. The van der Waals surface area contributed by atoms with E-state index in [1.165, 1.54) is 0 Å². The molecule has 0 radical (unpaired) electrons. The predicted molar refractivity (Wildman–Crippen MR) is 52.5 cm³/mol. The fourth-order valence-electron chi connectivity index (χ4n) is 1.53. The van der Waals surface area contributed by atoms with Crippen molar-refractivity contribution in [3.8, 4) is 0 Å². The van der Waals surface area contributed by atoms with Gasteiger partial charge in [0.15, 0.2) is 0 Å². The predicted octanol–water partition coefficient (Wildman–Crippen LogP) is 5.34. The molecule has 6 atom stereocenters. The standard InChI is InChI=1S/C10H6F16O/c11-1(3(13)14)7(19,5(17)9(21,22)23)27-8(20,2(12)4(15)16)6(18)10(24,25)26/h1-6H. The number of hydrogen-bond acceptors (Lipinski definition) is 1. The summed E-state index contributed by atoms with van der Waals surface area (Å²) in [4.78, 5) is 0. The molecular formula is C10H6F16O. The summed E-state index contributed by atoms with van der Waals surface area (Å²) >= 11 is 0. The van der Waals surface area contributed by atoms with Gasteiger partial charge in [0, 0.05) is 0 Å². The monoisotopic (exact) mass is 446 g/mol. The van der Waals surface area contributed by atoms with Crippen molar-refractivity contribution >= 4 is 0 Å². The van der Waals surface area contributed by atoms with Crippen LogP contribution >= 0.6 is 0 Å². The number of ether oxygens (including phenoxy) is 1. The molecule has 0 spiro atoms. The Morgan fingerprint density at radius 2 is 0.667 bits per heavy atom.